The van der Waals surface area contributed by atoms with Crippen LogP contribution in [0.1, 0.15) is 15.3 Å². The van der Waals surface area contributed by atoms with Gasteiger partial charge in [-0.2, -0.15) is 0 Å². The van der Waals surface area contributed by atoms with Crippen LogP contribution in [-0.4, -0.2) is 0 Å². The molecule has 0 aromatic heterocycles. The molecule has 0 aliphatic rings. The van der Waals surface area contributed by atoms with Crippen LogP contribution in [-0.2, 0) is 17.1 Å². The minimum atomic E-state index is 0. The van der Waals surface area contributed by atoms with Gasteiger partial charge >= 0.3 is 42.4 Å². The fourth-order valence-electron chi connectivity index (χ4n) is 0.354. The molecule has 28 valence electrons. The minimum Gasteiger partial charge on any atom is 1.00 e. The number of hydrogen-bond donors (Lipinski definition) is 0. The van der Waals surface area contributed by atoms with E-state index in [0.717, 1.165) is 0 Å². The van der Waals surface area contributed by atoms with Crippen LogP contribution in [0.4, 0.5) is 0 Å². The molecule has 0 saturated carbocycles. The summed E-state index contributed by atoms with van der Waals surface area (Å²) in [7, 11) is 0. The summed E-state index contributed by atoms with van der Waals surface area (Å²) in [6.45, 7) is 4.59. The van der Waals surface area contributed by atoms with Crippen molar-refractivity contribution < 1.29 is 18.6 Å². The average molecular weight is 125 g/mol. The van der Waals surface area contributed by atoms with Gasteiger partial charge in [0.1, 0.15) is 0 Å². The van der Waals surface area contributed by atoms with Crippen LogP contribution in [0, 0.1) is 0 Å². The van der Waals surface area contributed by atoms with Crippen molar-refractivity contribution in [3.63, 3.8) is 0 Å². The van der Waals surface area contributed by atoms with Gasteiger partial charge in [-0.05, 0) is 0 Å². The predicted octanol–water partition coefficient (Wildman–Crippen LogP) is 2.06. The summed E-state index contributed by atoms with van der Waals surface area (Å²) in [6, 6.07) is 0. The monoisotopic (exact) mass is 123 g/mol. The van der Waals surface area contributed by atoms with E-state index < -0.39 is 0 Å². The van der Waals surface area contributed by atoms with Crippen molar-refractivity contribution in [3.8, 4) is 0 Å². The van der Waals surface area contributed by atoms with Crippen molar-refractivity contribution in [2.24, 2.45) is 0 Å². The summed E-state index contributed by atoms with van der Waals surface area (Å²) < 4.78 is 0. The second-order valence-electron chi connectivity index (χ2n) is 1.35. The van der Waals surface area contributed by atoms with Crippen LogP contribution in [0.2, 0.25) is 10.0 Å². The SMILES string of the molecule is C[CH2][Zn][CH2]C.[H+]. The van der Waals surface area contributed by atoms with Gasteiger partial charge in [0.25, 0.3) is 0 Å². The van der Waals surface area contributed by atoms with E-state index in [0.29, 0.717) is 0 Å². The zero-order chi connectivity index (χ0) is 4.12. The molecule has 1 heteroatoms. The topological polar surface area (TPSA) is 0 Å². The van der Waals surface area contributed by atoms with Crippen LogP contribution in [0.5, 0.6) is 0 Å². The molecule has 0 heterocycles. The second kappa shape index (κ2) is 4.62. The Balaban J connectivity index is 0. The molecular formula is C4H11Zn+. The molecule has 0 aromatic carbocycles. The van der Waals surface area contributed by atoms with Crippen molar-refractivity contribution >= 4 is 0 Å². The van der Waals surface area contributed by atoms with E-state index in [1.54, 1.807) is 0 Å². The Morgan fingerprint density at radius 1 is 1.40 bits per heavy atom. The van der Waals surface area contributed by atoms with Gasteiger partial charge in [0.05, 0.1) is 0 Å². The van der Waals surface area contributed by atoms with Crippen LogP contribution < -0.4 is 0 Å². The standard InChI is InChI=1S/2C2H5.Zn/c2*1-2;/h2*1H2,2H3;/p+1. The van der Waals surface area contributed by atoms with Gasteiger partial charge < -0.3 is 0 Å². The molecule has 0 atom stereocenters. The third-order valence-electron chi connectivity index (χ3n) is 0.707. The van der Waals surface area contributed by atoms with Crippen molar-refractivity contribution in [3.05, 3.63) is 0 Å². The van der Waals surface area contributed by atoms with E-state index in [1.165, 1.54) is 10.0 Å². The summed E-state index contributed by atoms with van der Waals surface area (Å²) in [5.41, 5.74) is 0. The van der Waals surface area contributed by atoms with Gasteiger partial charge in [-0.1, -0.05) is 0 Å². The summed E-state index contributed by atoms with van der Waals surface area (Å²) in [6.07, 6.45) is 0. The van der Waals surface area contributed by atoms with Crippen LogP contribution in [0.3, 0.4) is 0 Å². The minimum absolute atomic E-state index is 0. The van der Waals surface area contributed by atoms with Crippen molar-refractivity contribution in [1.82, 2.24) is 0 Å². The van der Waals surface area contributed by atoms with E-state index in [1.807, 2.05) is 0 Å². The molecule has 0 fully saturated rings. The average Bonchev–Trinajstić information content (AvgIpc) is 1.41. The first-order valence-electron chi connectivity index (χ1n) is 2.41. The Morgan fingerprint density at radius 3 is 1.80 bits per heavy atom. The molecule has 0 aromatic rings. The molecule has 0 unspecified atom stereocenters. The van der Waals surface area contributed by atoms with Crippen molar-refractivity contribution in [2.45, 2.75) is 23.9 Å². The molecule has 0 amide bonds. The first-order valence-corrected chi connectivity index (χ1v) is 6.61. The Morgan fingerprint density at radius 2 is 1.80 bits per heavy atom. The maximum Gasteiger partial charge on any atom is 1.00 e. The molecule has 0 nitrogen and oxygen atoms in total. The molecule has 0 saturated heterocycles. The zero-order valence-corrected chi connectivity index (χ0v) is 7.09. The maximum atomic E-state index is 2.30. The van der Waals surface area contributed by atoms with E-state index >= 15 is 0 Å². The van der Waals surface area contributed by atoms with Crippen molar-refractivity contribution in [1.29, 1.82) is 0 Å². The van der Waals surface area contributed by atoms with Gasteiger partial charge in [-0.3, -0.25) is 0 Å². The van der Waals surface area contributed by atoms with Gasteiger partial charge in [0.15, 0.2) is 0 Å². The van der Waals surface area contributed by atoms with E-state index in [-0.39, 0.29) is 18.6 Å². The van der Waals surface area contributed by atoms with Gasteiger partial charge in [-0.15, -0.1) is 0 Å². The summed E-state index contributed by atoms with van der Waals surface area (Å²) in [5.74, 6) is 0. The van der Waals surface area contributed by atoms with Crippen LogP contribution >= 0.6 is 0 Å². The third-order valence-corrected chi connectivity index (χ3v) is 3.67. The Hall–Kier alpha value is 0.623. The Bertz CT molecular complexity index is 15.0. The molecule has 5 heavy (non-hydrogen) atoms. The van der Waals surface area contributed by atoms with E-state index in [4.69, 9.17) is 0 Å². The number of hydrogen-bond acceptors (Lipinski definition) is 0. The van der Waals surface area contributed by atoms with Gasteiger partial charge in [0.2, 0.25) is 0 Å². The van der Waals surface area contributed by atoms with Gasteiger partial charge in [0, 0.05) is 0 Å². The molecule has 0 aliphatic carbocycles. The summed E-state index contributed by atoms with van der Waals surface area (Å²) >= 11 is 0.0972. The molecular weight excluding hydrogens is 113 g/mol. The predicted molar refractivity (Wildman–Crippen MR) is 22.1 cm³/mol. The number of rotatable bonds is 2. The van der Waals surface area contributed by atoms with E-state index in [9.17, 15) is 0 Å². The first-order chi connectivity index (χ1) is 2.41. The fourth-order valence-corrected chi connectivity index (χ4v) is 1.84. The summed E-state index contributed by atoms with van der Waals surface area (Å²) in [4.78, 5) is 0. The van der Waals surface area contributed by atoms with Gasteiger partial charge in [-0.25, -0.2) is 0 Å². The normalized spacial score (nSPS) is 6.80. The maximum absolute atomic E-state index is 2.30. The zero-order valence-electron chi connectivity index (χ0n) is 5.12. The Labute approximate surface area is 43.0 Å². The molecule has 0 rings (SSSR count). The third kappa shape index (κ3) is 4.62. The quantitative estimate of drug-likeness (QED) is 0.495. The van der Waals surface area contributed by atoms with Crippen LogP contribution in [0.15, 0.2) is 0 Å². The first kappa shape index (κ1) is 5.62. The second-order valence-corrected chi connectivity index (χ2v) is 7.03. The van der Waals surface area contributed by atoms with Crippen molar-refractivity contribution in [2.75, 3.05) is 0 Å². The largest absolute Gasteiger partial charge is 1.00 e. The summed E-state index contributed by atoms with van der Waals surface area (Å²) in [5, 5.41) is 3.06. The smallest absolute Gasteiger partial charge is 1.00 e. The molecule has 0 radical (unpaired) electrons. The Kier molecular flexibility index (Phi) is 5.20. The fraction of sp³-hybridized carbons (Fsp3) is 1.00. The molecule has 0 spiro atoms. The molecule has 0 N–H and O–H groups in total. The van der Waals surface area contributed by atoms with Crippen LogP contribution in [0.25, 0.3) is 0 Å². The van der Waals surface area contributed by atoms with E-state index in [2.05, 4.69) is 13.8 Å². The molecule has 0 aliphatic heterocycles. The molecule has 0 bridgehead atoms.